The lowest BCUT2D eigenvalue weighted by Crippen LogP contribution is -2.45. The molecule has 0 aromatic heterocycles. The summed E-state index contributed by atoms with van der Waals surface area (Å²) in [6.45, 7) is 8.03. The maximum absolute atomic E-state index is 5.71. The largest absolute Gasteiger partial charge is 0.377 e. The fourth-order valence-electron chi connectivity index (χ4n) is 3.28. The van der Waals surface area contributed by atoms with Crippen LogP contribution in [0, 0.1) is 0 Å². The Morgan fingerprint density at radius 2 is 2.08 bits per heavy atom. The zero-order chi connectivity index (χ0) is 17.7. The van der Waals surface area contributed by atoms with Crippen LogP contribution < -0.4 is 10.6 Å². The van der Waals surface area contributed by atoms with E-state index in [1.807, 2.05) is 25.2 Å². The number of guanidine groups is 1. The van der Waals surface area contributed by atoms with E-state index < -0.39 is 0 Å². The number of rotatable bonds is 10. The molecule has 1 unspecified atom stereocenters. The second-order valence-corrected chi connectivity index (χ2v) is 6.55. The Morgan fingerprint density at radius 3 is 2.84 bits per heavy atom. The Balaban J connectivity index is 1.49. The third-order valence-corrected chi connectivity index (χ3v) is 4.75. The number of nitrogens with zero attached hydrogens (tertiary/aromatic N) is 2. The third-order valence-electron chi connectivity index (χ3n) is 4.75. The first kappa shape index (κ1) is 19.7. The Hall–Kier alpha value is -1.59. The number of ether oxygens (including phenoxy) is 1. The summed E-state index contributed by atoms with van der Waals surface area (Å²) < 4.78 is 5.71. The van der Waals surface area contributed by atoms with Crippen molar-refractivity contribution in [2.24, 2.45) is 4.99 Å². The van der Waals surface area contributed by atoms with Crippen LogP contribution in [0.5, 0.6) is 0 Å². The Kier molecular flexibility index (Phi) is 9.37. The molecule has 0 saturated carbocycles. The molecule has 1 aliphatic rings. The molecule has 1 fully saturated rings. The van der Waals surface area contributed by atoms with Crippen LogP contribution in [0.15, 0.2) is 35.3 Å². The molecule has 5 nitrogen and oxygen atoms in total. The number of benzene rings is 1. The molecule has 1 atom stereocenters. The second kappa shape index (κ2) is 11.9. The smallest absolute Gasteiger partial charge is 0.191 e. The molecule has 1 aliphatic heterocycles. The lowest BCUT2D eigenvalue weighted by atomic mass is 10.2. The zero-order valence-electron chi connectivity index (χ0n) is 15.8. The zero-order valence-corrected chi connectivity index (χ0v) is 15.8. The Labute approximate surface area is 152 Å². The highest BCUT2D eigenvalue weighted by Crippen LogP contribution is 2.15. The summed E-state index contributed by atoms with van der Waals surface area (Å²) in [5.41, 5.74) is 1.23. The van der Waals surface area contributed by atoms with Gasteiger partial charge in [0.15, 0.2) is 5.96 Å². The van der Waals surface area contributed by atoms with E-state index in [2.05, 4.69) is 39.6 Å². The van der Waals surface area contributed by atoms with E-state index in [4.69, 9.17) is 4.74 Å². The SMILES string of the molecule is CCN1CCCC1CNC(=NC)NCCCCOCc1ccccc1. The van der Waals surface area contributed by atoms with E-state index in [0.29, 0.717) is 12.6 Å². The van der Waals surface area contributed by atoms with Crippen LogP contribution in [0.25, 0.3) is 0 Å². The van der Waals surface area contributed by atoms with Gasteiger partial charge in [-0.3, -0.25) is 9.89 Å². The number of unbranched alkanes of at least 4 members (excludes halogenated alkanes) is 1. The van der Waals surface area contributed by atoms with Crippen LogP contribution in [0.1, 0.15) is 38.2 Å². The molecule has 1 aromatic carbocycles. The van der Waals surface area contributed by atoms with Gasteiger partial charge in [0, 0.05) is 32.8 Å². The predicted molar refractivity (Wildman–Crippen MR) is 105 cm³/mol. The summed E-state index contributed by atoms with van der Waals surface area (Å²) in [5, 5.41) is 6.86. The van der Waals surface area contributed by atoms with Gasteiger partial charge in [-0.05, 0) is 44.3 Å². The highest BCUT2D eigenvalue weighted by molar-refractivity contribution is 5.79. The quantitative estimate of drug-likeness (QED) is 0.388. The minimum absolute atomic E-state index is 0.648. The first-order valence-electron chi connectivity index (χ1n) is 9.63. The molecule has 25 heavy (non-hydrogen) atoms. The van der Waals surface area contributed by atoms with Gasteiger partial charge >= 0.3 is 0 Å². The van der Waals surface area contributed by atoms with Crippen LogP contribution in [-0.2, 0) is 11.3 Å². The average Bonchev–Trinajstić information content (AvgIpc) is 3.12. The van der Waals surface area contributed by atoms with E-state index in [0.717, 1.165) is 45.0 Å². The van der Waals surface area contributed by atoms with Gasteiger partial charge in [-0.2, -0.15) is 0 Å². The number of likely N-dealkylation sites (tertiary alicyclic amines) is 1. The van der Waals surface area contributed by atoms with Crippen LogP contribution in [0.3, 0.4) is 0 Å². The van der Waals surface area contributed by atoms with Crippen molar-refractivity contribution in [2.75, 3.05) is 39.8 Å². The molecule has 0 spiro atoms. The van der Waals surface area contributed by atoms with Gasteiger partial charge in [0.2, 0.25) is 0 Å². The average molecular weight is 347 g/mol. The summed E-state index contributed by atoms with van der Waals surface area (Å²) >= 11 is 0. The molecule has 1 heterocycles. The van der Waals surface area contributed by atoms with Crippen LogP contribution >= 0.6 is 0 Å². The van der Waals surface area contributed by atoms with Crippen LogP contribution in [0.4, 0.5) is 0 Å². The van der Waals surface area contributed by atoms with E-state index >= 15 is 0 Å². The van der Waals surface area contributed by atoms with Gasteiger partial charge in [-0.25, -0.2) is 0 Å². The maximum atomic E-state index is 5.71. The number of likely N-dealkylation sites (N-methyl/N-ethyl adjacent to an activating group) is 1. The van der Waals surface area contributed by atoms with Gasteiger partial charge in [-0.15, -0.1) is 0 Å². The van der Waals surface area contributed by atoms with E-state index in [-0.39, 0.29) is 0 Å². The van der Waals surface area contributed by atoms with Crippen molar-refractivity contribution in [2.45, 2.75) is 45.3 Å². The first-order valence-corrected chi connectivity index (χ1v) is 9.63. The molecule has 0 aliphatic carbocycles. The number of aliphatic imine (C=N–C) groups is 1. The fourth-order valence-corrected chi connectivity index (χ4v) is 3.28. The topological polar surface area (TPSA) is 48.9 Å². The predicted octanol–water partition coefficient (Wildman–Crippen LogP) is 2.63. The van der Waals surface area contributed by atoms with Crippen molar-refractivity contribution in [3.05, 3.63) is 35.9 Å². The number of nitrogens with one attached hydrogen (secondary N) is 2. The van der Waals surface area contributed by atoms with Gasteiger partial charge in [-0.1, -0.05) is 37.3 Å². The maximum Gasteiger partial charge on any atom is 0.191 e. The fraction of sp³-hybridized carbons (Fsp3) is 0.650. The summed E-state index contributed by atoms with van der Waals surface area (Å²) in [5.74, 6) is 0.910. The van der Waals surface area contributed by atoms with Crippen molar-refractivity contribution in [1.29, 1.82) is 0 Å². The molecule has 0 bridgehead atoms. The molecule has 0 amide bonds. The first-order chi connectivity index (χ1) is 12.3. The molecule has 5 heteroatoms. The molecule has 1 aromatic rings. The van der Waals surface area contributed by atoms with Gasteiger partial charge in [0.05, 0.1) is 6.61 Å². The molecule has 2 N–H and O–H groups in total. The molecule has 0 radical (unpaired) electrons. The lowest BCUT2D eigenvalue weighted by Gasteiger charge is -2.24. The van der Waals surface area contributed by atoms with Crippen LogP contribution in [-0.4, -0.2) is 56.7 Å². The second-order valence-electron chi connectivity index (χ2n) is 6.55. The van der Waals surface area contributed by atoms with Gasteiger partial charge in [0.25, 0.3) is 0 Å². The summed E-state index contributed by atoms with van der Waals surface area (Å²) in [6.07, 6.45) is 4.74. The van der Waals surface area contributed by atoms with E-state index in [1.165, 1.54) is 24.9 Å². The third kappa shape index (κ3) is 7.45. The monoisotopic (exact) mass is 346 g/mol. The van der Waals surface area contributed by atoms with E-state index in [9.17, 15) is 0 Å². The normalized spacial score (nSPS) is 18.5. The minimum atomic E-state index is 0.648. The molecule has 1 saturated heterocycles. The summed E-state index contributed by atoms with van der Waals surface area (Å²) in [7, 11) is 1.84. The van der Waals surface area contributed by atoms with Crippen molar-refractivity contribution in [3.63, 3.8) is 0 Å². The van der Waals surface area contributed by atoms with Crippen molar-refractivity contribution in [3.8, 4) is 0 Å². The highest BCUT2D eigenvalue weighted by atomic mass is 16.5. The van der Waals surface area contributed by atoms with Crippen LogP contribution in [0.2, 0.25) is 0 Å². The standard InChI is InChI=1S/C20H34N4O/c1-3-24-14-9-12-19(24)16-23-20(21-2)22-13-7-8-15-25-17-18-10-5-4-6-11-18/h4-6,10-11,19H,3,7-9,12-17H2,1-2H3,(H2,21,22,23). The molecular weight excluding hydrogens is 312 g/mol. The Bertz CT molecular complexity index is 492. The summed E-state index contributed by atoms with van der Waals surface area (Å²) in [6, 6.07) is 11.0. The highest BCUT2D eigenvalue weighted by Gasteiger charge is 2.22. The molecule has 2 rings (SSSR count). The van der Waals surface area contributed by atoms with Gasteiger partial charge in [0.1, 0.15) is 0 Å². The lowest BCUT2D eigenvalue weighted by molar-refractivity contribution is 0.117. The summed E-state index contributed by atoms with van der Waals surface area (Å²) in [4.78, 5) is 6.86. The van der Waals surface area contributed by atoms with Crippen molar-refractivity contribution < 1.29 is 4.74 Å². The molecule has 140 valence electrons. The number of hydrogen-bond donors (Lipinski definition) is 2. The van der Waals surface area contributed by atoms with E-state index in [1.54, 1.807) is 0 Å². The van der Waals surface area contributed by atoms with Gasteiger partial charge < -0.3 is 15.4 Å². The van der Waals surface area contributed by atoms with Crippen molar-refractivity contribution >= 4 is 5.96 Å². The Morgan fingerprint density at radius 1 is 1.24 bits per heavy atom. The molecular formula is C20H34N4O. The van der Waals surface area contributed by atoms with Crippen molar-refractivity contribution in [1.82, 2.24) is 15.5 Å². The minimum Gasteiger partial charge on any atom is -0.377 e. The number of hydrogen-bond acceptors (Lipinski definition) is 3.